The average Bonchev–Trinajstić information content (AvgIpc) is 3.18. The number of rotatable bonds is 6. The Hall–Kier alpha value is -1.72. The molecule has 22 heavy (non-hydrogen) atoms. The van der Waals surface area contributed by atoms with E-state index in [2.05, 4.69) is 41.0 Å². The van der Waals surface area contributed by atoms with Crippen molar-refractivity contribution < 1.29 is 9.26 Å². The van der Waals surface area contributed by atoms with Crippen LogP contribution in [0.15, 0.2) is 28.8 Å². The first kappa shape index (κ1) is 15.2. The zero-order valence-corrected chi connectivity index (χ0v) is 13.3. The zero-order valence-electron chi connectivity index (χ0n) is 13.3. The third-order valence-corrected chi connectivity index (χ3v) is 4.09. The lowest BCUT2D eigenvalue weighted by atomic mass is 10.1. The van der Waals surface area contributed by atoms with Gasteiger partial charge in [0.15, 0.2) is 5.82 Å². The first-order valence-electron chi connectivity index (χ1n) is 7.94. The van der Waals surface area contributed by atoms with E-state index in [9.17, 15) is 0 Å². The highest BCUT2D eigenvalue weighted by atomic mass is 16.5. The second-order valence-electron chi connectivity index (χ2n) is 5.94. The number of benzene rings is 1. The van der Waals surface area contributed by atoms with Crippen LogP contribution in [-0.4, -0.2) is 41.3 Å². The maximum Gasteiger partial charge on any atom is 0.257 e. The molecule has 1 aromatic heterocycles. The summed E-state index contributed by atoms with van der Waals surface area (Å²) in [7, 11) is 0. The molecule has 0 unspecified atom stereocenters. The molecule has 1 saturated heterocycles. The largest absolute Gasteiger partial charge is 0.381 e. The van der Waals surface area contributed by atoms with E-state index >= 15 is 0 Å². The van der Waals surface area contributed by atoms with E-state index in [1.807, 2.05) is 12.1 Å². The van der Waals surface area contributed by atoms with Crippen LogP contribution in [0.2, 0.25) is 0 Å². The van der Waals surface area contributed by atoms with Gasteiger partial charge in [0.2, 0.25) is 0 Å². The van der Waals surface area contributed by atoms with E-state index in [-0.39, 0.29) is 0 Å². The Morgan fingerprint density at radius 2 is 2.27 bits per heavy atom. The molecule has 2 aromatic rings. The van der Waals surface area contributed by atoms with Crippen LogP contribution in [0.25, 0.3) is 11.5 Å². The summed E-state index contributed by atoms with van der Waals surface area (Å²) in [6.07, 6.45) is 1.15. The summed E-state index contributed by atoms with van der Waals surface area (Å²) in [6.45, 7) is 8.72. The maximum atomic E-state index is 5.45. The Kier molecular flexibility index (Phi) is 4.85. The van der Waals surface area contributed by atoms with Gasteiger partial charge in [-0.05, 0) is 37.9 Å². The van der Waals surface area contributed by atoms with E-state index in [4.69, 9.17) is 9.26 Å². The van der Waals surface area contributed by atoms with Crippen molar-refractivity contribution in [3.05, 3.63) is 35.7 Å². The molecule has 0 radical (unpaired) electrons. The summed E-state index contributed by atoms with van der Waals surface area (Å²) in [5.41, 5.74) is 2.17. The summed E-state index contributed by atoms with van der Waals surface area (Å²) >= 11 is 0. The Labute approximate surface area is 131 Å². The fourth-order valence-electron chi connectivity index (χ4n) is 2.81. The fraction of sp³-hybridized carbons (Fsp3) is 0.529. The molecular weight excluding hydrogens is 278 g/mol. The second kappa shape index (κ2) is 7.03. The van der Waals surface area contributed by atoms with Crippen LogP contribution in [0.1, 0.15) is 24.7 Å². The Morgan fingerprint density at radius 1 is 1.36 bits per heavy atom. The smallest absolute Gasteiger partial charge is 0.257 e. The molecule has 1 atom stereocenters. The molecule has 0 spiro atoms. The van der Waals surface area contributed by atoms with Crippen molar-refractivity contribution in [3.63, 3.8) is 0 Å². The molecule has 0 bridgehead atoms. The molecule has 2 heterocycles. The van der Waals surface area contributed by atoms with E-state index < -0.39 is 0 Å². The Balaban J connectivity index is 1.65. The van der Waals surface area contributed by atoms with Gasteiger partial charge in [0, 0.05) is 18.7 Å². The molecule has 0 N–H and O–H groups in total. The monoisotopic (exact) mass is 301 g/mol. The van der Waals surface area contributed by atoms with Crippen LogP contribution in [0, 0.1) is 12.8 Å². The summed E-state index contributed by atoms with van der Waals surface area (Å²) in [5.74, 6) is 1.97. The van der Waals surface area contributed by atoms with Crippen LogP contribution < -0.4 is 0 Å². The molecule has 5 heteroatoms. The van der Waals surface area contributed by atoms with Crippen molar-refractivity contribution in [2.75, 3.05) is 26.3 Å². The SMILES string of the molecule is CCN(Cc1noc(-c2cccc(C)c2)n1)C[C@@H]1CCOC1. The molecule has 1 aliphatic rings. The number of nitrogens with zero attached hydrogens (tertiary/aromatic N) is 3. The third-order valence-electron chi connectivity index (χ3n) is 4.09. The Bertz CT molecular complexity index is 605. The van der Waals surface area contributed by atoms with Crippen molar-refractivity contribution >= 4 is 0 Å². The normalized spacial score (nSPS) is 18.2. The number of aryl methyl sites for hydroxylation is 1. The first-order valence-corrected chi connectivity index (χ1v) is 7.94. The van der Waals surface area contributed by atoms with Gasteiger partial charge in [-0.15, -0.1) is 0 Å². The third kappa shape index (κ3) is 3.72. The predicted octanol–water partition coefficient (Wildman–Crippen LogP) is 2.90. The van der Waals surface area contributed by atoms with Crippen LogP contribution in [0.4, 0.5) is 0 Å². The van der Waals surface area contributed by atoms with Crippen LogP contribution in [0.3, 0.4) is 0 Å². The summed E-state index contributed by atoms with van der Waals surface area (Å²) in [4.78, 5) is 6.88. The van der Waals surface area contributed by atoms with Crippen molar-refractivity contribution in [1.29, 1.82) is 0 Å². The quantitative estimate of drug-likeness (QED) is 0.821. The topological polar surface area (TPSA) is 51.4 Å². The lowest BCUT2D eigenvalue weighted by Crippen LogP contribution is -2.29. The molecule has 3 rings (SSSR count). The zero-order chi connectivity index (χ0) is 15.4. The highest BCUT2D eigenvalue weighted by molar-refractivity contribution is 5.53. The standard InChI is InChI=1S/C17H23N3O2/c1-3-20(10-14-7-8-21-12-14)11-16-18-17(22-19-16)15-6-4-5-13(2)9-15/h4-6,9,14H,3,7-8,10-12H2,1-2H3/t14-/m0/s1. The minimum absolute atomic E-state index is 0.596. The van der Waals surface area contributed by atoms with Gasteiger partial charge in [-0.1, -0.05) is 29.8 Å². The van der Waals surface area contributed by atoms with Gasteiger partial charge in [0.25, 0.3) is 5.89 Å². The van der Waals surface area contributed by atoms with Crippen molar-refractivity contribution in [2.45, 2.75) is 26.8 Å². The number of ether oxygens (including phenoxy) is 1. The van der Waals surface area contributed by atoms with Gasteiger partial charge in [0.1, 0.15) is 0 Å². The first-order chi connectivity index (χ1) is 10.7. The van der Waals surface area contributed by atoms with Crippen molar-refractivity contribution in [3.8, 4) is 11.5 Å². The molecule has 1 aliphatic heterocycles. The molecule has 5 nitrogen and oxygen atoms in total. The number of hydrogen-bond acceptors (Lipinski definition) is 5. The maximum absolute atomic E-state index is 5.45. The molecular formula is C17H23N3O2. The molecule has 0 amide bonds. The highest BCUT2D eigenvalue weighted by Crippen LogP contribution is 2.19. The number of aromatic nitrogens is 2. The van der Waals surface area contributed by atoms with Gasteiger partial charge in [0.05, 0.1) is 13.2 Å². The fourth-order valence-corrected chi connectivity index (χ4v) is 2.81. The van der Waals surface area contributed by atoms with E-state index in [0.717, 1.165) is 50.7 Å². The van der Waals surface area contributed by atoms with E-state index in [1.165, 1.54) is 5.56 Å². The van der Waals surface area contributed by atoms with E-state index in [1.54, 1.807) is 0 Å². The number of hydrogen-bond donors (Lipinski definition) is 0. The minimum Gasteiger partial charge on any atom is -0.381 e. The average molecular weight is 301 g/mol. The van der Waals surface area contributed by atoms with Crippen molar-refractivity contribution in [2.24, 2.45) is 5.92 Å². The van der Waals surface area contributed by atoms with Crippen LogP contribution >= 0.6 is 0 Å². The summed E-state index contributed by atoms with van der Waals surface area (Å²) in [6, 6.07) is 8.12. The van der Waals surface area contributed by atoms with Crippen LogP contribution in [-0.2, 0) is 11.3 Å². The van der Waals surface area contributed by atoms with Gasteiger partial charge in [-0.2, -0.15) is 4.98 Å². The van der Waals surface area contributed by atoms with E-state index in [0.29, 0.717) is 11.8 Å². The second-order valence-corrected chi connectivity index (χ2v) is 5.94. The van der Waals surface area contributed by atoms with Crippen LogP contribution in [0.5, 0.6) is 0 Å². The lowest BCUT2D eigenvalue weighted by molar-refractivity contribution is 0.165. The van der Waals surface area contributed by atoms with Gasteiger partial charge >= 0.3 is 0 Å². The minimum atomic E-state index is 0.596. The summed E-state index contributed by atoms with van der Waals surface area (Å²) in [5, 5.41) is 4.13. The van der Waals surface area contributed by atoms with Gasteiger partial charge in [-0.3, -0.25) is 4.90 Å². The van der Waals surface area contributed by atoms with Gasteiger partial charge in [-0.25, -0.2) is 0 Å². The van der Waals surface area contributed by atoms with Gasteiger partial charge < -0.3 is 9.26 Å². The molecule has 0 aliphatic carbocycles. The van der Waals surface area contributed by atoms with Crippen molar-refractivity contribution in [1.82, 2.24) is 15.0 Å². The summed E-state index contributed by atoms with van der Waals surface area (Å²) < 4.78 is 10.9. The molecule has 1 fully saturated rings. The lowest BCUT2D eigenvalue weighted by Gasteiger charge is -2.21. The molecule has 118 valence electrons. The Morgan fingerprint density at radius 3 is 3.00 bits per heavy atom. The predicted molar refractivity (Wildman–Crippen MR) is 84.3 cm³/mol. The molecule has 1 aromatic carbocycles. The highest BCUT2D eigenvalue weighted by Gasteiger charge is 2.20. The molecule has 0 saturated carbocycles.